The van der Waals surface area contributed by atoms with Crippen molar-refractivity contribution in [2.45, 2.75) is 105 Å². The van der Waals surface area contributed by atoms with Crippen molar-refractivity contribution in [1.29, 1.82) is 0 Å². The number of carbonyl (C=O) groups is 2. The van der Waals surface area contributed by atoms with Gasteiger partial charge in [-0.2, -0.15) is 0 Å². The third-order valence-electron chi connectivity index (χ3n) is 7.12. The molecule has 0 aliphatic carbocycles. The summed E-state index contributed by atoms with van der Waals surface area (Å²) in [7, 11) is 0. The van der Waals surface area contributed by atoms with Gasteiger partial charge in [0.2, 0.25) is 0 Å². The van der Waals surface area contributed by atoms with Gasteiger partial charge in [0.25, 0.3) is 0 Å². The molecule has 0 unspecified atom stereocenters. The van der Waals surface area contributed by atoms with E-state index < -0.39 is 11.9 Å². The fraction of sp³-hybridized carbons (Fsp3) is 0.750. The maximum Gasteiger partial charge on any atom is 0.339 e. The maximum absolute atomic E-state index is 12.7. The molecule has 0 saturated heterocycles. The highest BCUT2D eigenvalue weighted by Crippen LogP contribution is 2.13. The Morgan fingerprint density at radius 1 is 0.553 bits per heavy atom. The lowest BCUT2D eigenvalue weighted by molar-refractivity contribution is 0.0448. The van der Waals surface area contributed by atoms with Crippen molar-refractivity contribution in [3.63, 3.8) is 0 Å². The monoisotopic (exact) mass is 532 g/mol. The third-order valence-corrected chi connectivity index (χ3v) is 7.12. The van der Waals surface area contributed by atoms with E-state index in [2.05, 4.69) is 37.5 Å². The summed E-state index contributed by atoms with van der Waals surface area (Å²) in [6.07, 6.45) is 13.8. The van der Waals surface area contributed by atoms with Gasteiger partial charge < -0.3 is 19.3 Å². The number of hydrogen-bond acceptors (Lipinski definition) is 6. The molecule has 1 aromatic rings. The van der Waals surface area contributed by atoms with E-state index >= 15 is 0 Å². The van der Waals surface area contributed by atoms with Gasteiger partial charge in [-0.3, -0.25) is 0 Å². The first-order valence-corrected chi connectivity index (χ1v) is 15.4. The van der Waals surface area contributed by atoms with Gasteiger partial charge in [0, 0.05) is 0 Å². The second-order valence-corrected chi connectivity index (χ2v) is 10.2. The molecule has 0 fully saturated rings. The average Bonchev–Trinajstić information content (AvgIpc) is 2.94. The van der Waals surface area contributed by atoms with Crippen molar-refractivity contribution in [3.05, 3.63) is 35.4 Å². The lowest BCUT2D eigenvalue weighted by Crippen LogP contribution is -2.26. The van der Waals surface area contributed by atoms with E-state index in [9.17, 15) is 9.59 Å². The van der Waals surface area contributed by atoms with E-state index in [1.807, 2.05) is 0 Å². The van der Waals surface area contributed by atoms with Crippen LogP contribution in [0.2, 0.25) is 0 Å². The molecule has 6 heteroatoms. The van der Waals surface area contributed by atoms with Crippen molar-refractivity contribution in [2.24, 2.45) is 0 Å². The molecule has 0 saturated carbocycles. The van der Waals surface area contributed by atoms with Crippen molar-refractivity contribution in [3.8, 4) is 0 Å². The Kier molecular flexibility index (Phi) is 20.7. The molecule has 0 radical (unpaired) electrons. The van der Waals surface area contributed by atoms with Crippen molar-refractivity contribution in [1.82, 2.24) is 9.80 Å². The Balaban J connectivity index is 2.34. The van der Waals surface area contributed by atoms with E-state index in [1.54, 1.807) is 24.3 Å². The summed E-state index contributed by atoms with van der Waals surface area (Å²) in [5.74, 6) is -0.905. The van der Waals surface area contributed by atoms with Gasteiger partial charge in [-0.1, -0.05) is 78.4 Å². The zero-order chi connectivity index (χ0) is 27.8. The summed E-state index contributed by atoms with van der Waals surface area (Å²) in [5, 5.41) is 0. The van der Waals surface area contributed by atoms with Gasteiger partial charge in [-0.15, -0.1) is 0 Å². The van der Waals surface area contributed by atoms with Crippen LogP contribution in [0.3, 0.4) is 0 Å². The highest BCUT2D eigenvalue weighted by molar-refractivity contribution is 6.03. The number of nitrogens with zero attached hydrogens (tertiary/aromatic N) is 2. The van der Waals surface area contributed by atoms with Gasteiger partial charge >= 0.3 is 11.9 Å². The van der Waals surface area contributed by atoms with Crippen molar-refractivity contribution in [2.75, 3.05) is 52.5 Å². The Morgan fingerprint density at radius 3 is 1.26 bits per heavy atom. The fourth-order valence-electron chi connectivity index (χ4n) is 4.58. The SMILES string of the molecule is CCCCCCN(CC)CCCCOC(=O)c1ccccc1C(=O)OCCCCN(CC)CCCCCC. The van der Waals surface area contributed by atoms with Crippen LogP contribution >= 0.6 is 0 Å². The topological polar surface area (TPSA) is 59.1 Å². The molecule has 0 N–H and O–H groups in total. The van der Waals surface area contributed by atoms with Gasteiger partial charge in [-0.25, -0.2) is 9.59 Å². The second-order valence-electron chi connectivity index (χ2n) is 10.2. The Labute approximate surface area is 233 Å². The summed E-state index contributed by atoms with van der Waals surface area (Å²) < 4.78 is 11.0. The van der Waals surface area contributed by atoms with Crippen LogP contribution in [0.5, 0.6) is 0 Å². The van der Waals surface area contributed by atoms with Gasteiger partial charge in [0.15, 0.2) is 0 Å². The van der Waals surface area contributed by atoms with Crippen LogP contribution in [-0.4, -0.2) is 74.2 Å². The Bertz CT molecular complexity index is 679. The van der Waals surface area contributed by atoms with E-state index in [0.717, 1.165) is 65.0 Å². The number of benzene rings is 1. The maximum atomic E-state index is 12.7. The molecule has 6 nitrogen and oxygen atoms in total. The molecule has 0 amide bonds. The molecule has 0 aliphatic heterocycles. The number of hydrogen-bond donors (Lipinski definition) is 0. The molecular formula is C32H56N2O4. The van der Waals surface area contributed by atoms with E-state index in [0.29, 0.717) is 13.2 Å². The fourth-order valence-corrected chi connectivity index (χ4v) is 4.58. The van der Waals surface area contributed by atoms with Crippen LogP contribution in [0.4, 0.5) is 0 Å². The number of rotatable bonds is 24. The van der Waals surface area contributed by atoms with Crippen molar-refractivity contribution >= 4 is 11.9 Å². The van der Waals surface area contributed by atoms with Gasteiger partial charge in [0.05, 0.1) is 24.3 Å². The molecule has 0 spiro atoms. The van der Waals surface area contributed by atoms with Crippen LogP contribution in [0.1, 0.15) is 125 Å². The molecule has 0 heterocycles. The first kappa shape index (κ1) is 34.1. The van der Waals surface area contributed by atoms with E-state index in [4.69, 9.17) is 9.47 Å². The molecule has 38 heavy (non-hydrogen) atoms. The quantitative estimate of drug-likeness (QED) is 0.102. The minimum absolute atomic E-state index is 0.285. The lowest BCUT2D eigenvalue weighted by atomic mass is 10.1. The third kappa shape index (κ3) is 15.5. The highest BCUT2D eigenvalue weighted by atomic mass is 16.5. The number of carbonyl (C=O) groups excluding carboxylic acids is 2. The van der Waals surface area contributed by atoms with Crippen LogP contribution in [0.15, 0.2) is 24.3 Å². The predicted molar refractivity (Wildman–Crippen MR) is 158 cm³/mol. The molecule has 0 aliphatic rings. The largest absolute Gasteiger partial charge is 0.462 e. The number of unbranched alkanes of at least 4 members (excludes halogenated alkanes) is 8. The highest BCUT2D eigenvalue weighted by Gasteiger charge is 2.19. The minimum Gasteiger partial charge on any atom is -0.462 e. The second kappa shape index (κ2) is 23.0. The molecule has 0 atom stereocenters. The Morgan fingerprint density at radius 2 is 0.921 bits per heavy atom. The number of esters is 2. The molecule has 1 rings (SSSR count). The normalized spacial score (nSPS) is 11.3. The molecule has 0 bridgehead atoms. The summed E-state index contributed by atoms with van der Waals surface area (Å²) in [6.45, 7) is 16.0. The smallest absolute Gasteiger partial charge is 0.339 e. The predicted octanol–water partition coefficient (Wildman–Crippen LogP) is 7.37. The summed E-state index contributed by atoms with van der Waals surface area (Å²) in [5.41, 5.74) is 0.570. The number of ether oxygens (including phenoxy) is 2. The standard InChI is InChI=1S/C32H56N2O4/c1-5-9-11-15-23-33(7-3)25-17-19-27-37-31(35)29-21-13-14-22-30(29)32(36)38-28-20-18-26-34(8-4)24-16-12-10-6-2/h13-14,21-22H,5-12,15-20,23-28H2,1-4H3. The summed E-state index contributed by atoms with van der Waals surface area (Å²) in [4.78, 5) is 30.3. The summed E-state index contributed by atoms with van der Waals surface area (Å²) >= 11 is 0. The molecule has 0 aromatic heterocycles. The van der Waals surface area contributed by atoms with Gasteiger partial charge in [-0.05, 0) is 89.9 Å². The first-order chi connectivity index (χ1) is 18.6. The van der Waals surface area contributed by atoms with Crippen LogP contribution in [0.25, 0.3) is 0 Å². The van der Waals surface area contributed by atoms with E-state index in [-0.39, 0.29) is 11.1 Å². The van der Waals surface area contributed by atoms with Crippen molar-refractivity contribution < 1.29 is 19.1 Å². The van der Waals surface area contributed by atoms with Crippen LogP contribution in [-0.2, 0) is 9.47 Å². The van der Waals surface area contributed by atoms with E-state index in [1.165, 1.54) is 51.4 Å². The Hall–Kier alpha value is -1.92. The molecule has 1 aromatic carbocycles. The average molecular weight is 533 g/mol. The zero-order valence-electron chi connectivity index (χ0n) is 25.0. The summed E-state index contributed by atoms with van der Waals surface area (Å²) in [6, 6.07) is 6.80. The van der Waals surface area contributed by atoms with Gasteiger partial charge in [0.1, 0.15) is 0 Å². The van der Waals surface area contributed by atoms with Crippen LogP contribution < -0.4 is 0 Å². The zero-order valence-corrected chi connectivity index (χ0v) is 25.0. The molecular weight excluding hydrogens is 476 g/mol. The van der Waals surface area contributed by atoms with Crippen LogP contribution in [0, 0.1) is 0 Å². The minimum atomic E-state index is -0.453. The first-order valence-electron chi connectivity index (χ1n) is 15.4. The lowest BCUT2D eigenvalue weighted by Gasteiger charge is -2.20. The molecule has 218 valence electrons.